The van der Waals surface area contributed by atoms with E-state index in [1.165, 1.54) is 6.26 Å². The van der Waals surface area contributed by atoms with Gasteiger partial charge < -0.3 is 15.4 Å². The second-order valence-corrected chi connectivity index (χ2v) is 8.30. The SMILES string of the molecule is CCNC(=NCc1ccc(S(C)(=O)=O)cc1)NCc1ccc(C)cc1OC.I. The summed E-state index contributed by atoms with van der Waals surface area (Å²) in [5.41, 5.74) is 3.13. The number of benzene rings is 2. The Morgan fingerprint density at radius 2 is 1.79 bits per heavy atom. The monoisotopic (exact) mass is 517 g/mol. The van der Waals surface area contributed by atoms with Crippen LogP contribution in [0.2, 0.25) is 0 Å². The van der Waals surface area contributed by atoms with E-state index in [0.717, 1.165) is 29.0 Å². The number of guanidine groups is 1. The van der Waals surface area contributed by atoms with Crippen LogP contribution in [0, 0.1) is 6.92 Å². The number of halogens is 1. The van der Waals surface area contributed by atoms with Gasteiger partial charge in [-0.3, -0.25) is 0 Å². The molecule has 6 nitrogen and oxygen atoms in total. The lowest BCUT2D eigenvalue weighted by Crippen LogP contribution is -2.36. The summed E-state index contributed by atoms with van der Waals surface area (Å²) in [6.45, 7) is 5.81. The third-order valence-electron chi connectivity index (χ3n) is 4.00. The first-order valence-corrected chi connectivity index (χ1v) is 10.7. The van der Waals surface area contributed by atoms with Crippen molar-refractivity contribution in [1.29, 1.82) is 0 Å². The first kappa shape index (κ1) is 24.2. The second kappa shape index (κ2) is 11.3. The fraction of sp³-hybridized carbons (Fsp3) is 0.350. The van der Waals surface area contributed by atoms with Crippen molar-refractivity contribution in [2.75, 3.05) is 19.9 Å². The van der Waals surface area contributed by atoms with Gasteiger partial charge in [0, 0.05) is 24.9 Å². The third kappa shape index (κ3) is 7.31. The molecule has 2 aromatic rings. The number of hydrogen-bond donors (Lipinski definition) is 2. The molecule has 0 saturated heterocycles. The lowest BCUT2D eigenvalue weighted by Gasteiger charge is -2.14. The van der Waals surface area contributed by atoms with Crippen molar-refractivity contribution < 1.29 is 13.2 Å². The second-order valence-electron chi connectivity index (χ2n) is 6.28. The molecule has 0 radical (unpaired) electrons. The summed E-state index contributed by atoms with van der Waals surface area (Å²) in [5, 5.41) is 6.51. The van der Waals surface area contributed by atoms with Crippen molar-refractivity contribution in [3.05, 3.63) is 59.2 Å². The highest BCUT2D eigenvalue weighted by atomic mass is 127. The van der Waals surface area contributed by atoms with Crippen molar-refractivity contribution in [1.82, 2.24) is 10.6 Å². The van der Waals surface area contributed by atoms with Gasteiger partial charge in [0.1, 0.15) is 5.75 Å². The van der Waals surface area contributed by atoms with Gasteiger partial charge in [-0.15, -0.1) is 24.0 Å². The molecule has 0 atom stereocenters. The van der Waals surface area contributed by atoms with Crippen LogP contribution in [0.25, 0.3) is 0 Å². The van der Waals surface area contributed by atoms with Crippen molar-refractivity contribution in [2.24, 2.45) is 4.99 Å². The molecule has 154 valence electrons. The Hall–Kier alpha value is -1.81. The molecule has 0 heterocycles. The molecule has 0 saturated carbocycles. The Labute approximate surface area is 184 Å². The molecule has 0 unspecified atom stereocenters. The van der Waals surface area contributed by atoms with Crippen molar-refractivity contribution >= 4 is 39.8 Å². The summed E-state index contributed by atoms with van der Waals surface area (Å²) in [5.74, 6) is 1.53. The number of aliphatic imine (C=N–C) groups is 1. The molecule has 2 rings (SSSR count). The molecule has 0 amide bonds. The average Bonchev–Trinajstić information content (AvgIpc) is 2.64. The number of aryl methyl sites for hydroxylation is 1. The average molecular weight is 517 g/mol. The number of rotatable bonds is 7. The number of methoxy groups -OCH3 is 1. The van der Waals surface area contributed by atoms with Crippen LogP contribution in [0.3, 0.4) is 0 Å². The topological polar surface area (TPSA) is 79.8 Å². The summed E-state index contributed by atoms with van der Waals surface area (Å²) >= 11 is 0. The fourth-order valence-electron chi connectivity index (χ4n) is 2.53. The van der Waals surface area contributed by atoms with E-state index in [1.807, 2.05) is 32.0 Å². The van der Waals surface area contributed by atoms with E-state index in [2.05, 4.69) is 15.6 Å². The minimum absolute atomic E-state index is 0. The normalized spacial score (nSPS) is 11.5. The Bertz CT molecular complexity index is 897. The number of ether oxygens (including phenoxy) is 1. The van der Waals surface area contributed by atoms with Gasteiger partial charge in [-0.05, 0) is 43.2 Å². The molecule has 2 aromatic carbocycles. The molecule has 0 aromatic heterocycles. The predicted octanol–water partition coefficient (Wildman–Crippen LogP) is 3.28. The van der Waals surface area contributed by atoms with Gasteiger partial charge in [0.2, 0.25) is 0 Å². The zero-order chi connectivity index (χ0) is 19.9. The van der Waals surface area contributed by atoms with Gasteiger partial charge in [-0.2, -0.15) is 0 Å². The first-order chi connectivity index (χ1) is 12.8. The molecule has 28 heavy (non-hydrogen) atoms. The van der Waals surface area contributed by atoms with Crippen molar-refractivity contribution in [3.8, 4) is 5.75 Å². The summed E-state index contributed by atoms with van der Waals surface area (Å²) in [4.78, 5) is 4.88. The molecule has 0 aliphatic rings. The third-order valence-corrected chi connectivity index (χ3v) is 5.13. The number of hydrogen-bond acceptors (Lipinski definition) is 4. The first-order valence-electron chi connectivity index (χ1n) is 8.78. The summed E-state index contributed by atoms with van der Waals surface area (Å²) < 4.78 is 28.5. The van der Waals surface area contributed by atoms with E-state index in [9.17, 15) is 8.42 Å². The van der Waals surface area contributed by atoms with E-state index in [1.54, 1.807) is 31.4 Å². The molecular formula is C20H28IN3O3S. The molecule has 2 N–H and O–H groups in total. The van der Waals surface area contributed by atoms with Gasteiger partial charge in [-0.25, -0.2) is 13.4 Å². The fourth-order valence-corrected chi connectivity index (χ4v) is 3.16. The van der Waals surface area contributed by atoms with Crippen LogP contribution in [0.5, 0.6) is 5.75 Å². The largest absolute Gasteiger partial charge is 0.496 e. The Morgan fingerprint density at radius 1 is 1.11 bits per heavy atom. The molecule has 0 spiro atoms. The van der Waals surface area contributed by atoms with E-state index >= 15 is 0 Å². The quantitative estimate of drug-likeness (QED) is 0.335. The van der Waals surface area contributed by atoms with Gasteiger partial charge in [0.15, 0.2) is 15.8 Å². The molecule has 0 bridgehead atoms. The minimum Gasteiger partial charge on any atom is -0.496 e. The lowest BCUT2D eigenvalue weighted by atomic mass is 10.1. The van der Waals surface area contributed by atoms with Crippen molar-refractivity contribution in [2.45, 2.75) is 31.8 Å². The minimum atomic E-state index is -3.18. The number of nitrogens with zero attached hydrogens (tertiary/aromatic N) is 1. The molecule has 8 heteroatoms. The van der Waals surface area contributed by atoms with E-state index in [4.69, 9.17) is 4.74 Å². The molecular weight excluding hydrogens is 489 g/mol. The zero-order valence-corrected chi connectivity index (χ0v) is 19.8. The van der Waals surface area contributed by atoms with E-state index in [-0.39, 0.29) is 24.0 Å². The number of nitrogens with one attached hydrogen (secondary N) is 2. The summed E-state index contributed by atoms with van der Waals surface area (Å²) in [6.07, 6.45) is 1.20. The van der Waals surface area contributed by atoms with E-state index < -0.39 is 9.84 Å². The van der Waals surface area contributed by atoms with Gasteiger partial charge in [-0.1, -0.05) is 24.3 Å². The van der Waals surface area contributed by atoms with Crippen LogP contribution >= 0.6 is 24.0 Å². The Balaban J connectivity index is 0.00000392. The smallest absolute Gasteiger partial charge is 0.191 e. The highest BCUT2D eigenvalue weighted by Crippen LogP contribution is 2.19. The molecule has 0 aliphatic heterocycles. The van der Waals surface area contributed by atoms with Gasteiger partial charge >= 0.3 is 0 Å². The molecule has 0 fully saturated rings. The lowest BCUT2D eigenvalue weighted by molar-refractivity contribution is 0.408. The maximum absolute atomic E-state index is 11.5. The van der Waals surface area contributed by atoms with Crippen molar-refractivity contribution in [3.63, 3.8) is 0 Å². The summed E-state index contributed by atoms with van der Waals surface area (Å²) in [6, 6.07) is 12.9. The maximum atomic E-state index is 11.5. The van der Waals surface area contributed by atoms with Crippen LogP contribution in [0.4, 0.5) is 0 Å². The van der Waals surface area contributed by atoms with Gasteiger partial charge in [0.25, 0.3) is 0 Å². The zero-order valence-electron chi connectivity index (χ0n) is 16.7. The van der Waals surface area contributed by atoms with Crippen LogP contribution in [0.1, 0.15) is 23.6 Å². The predicted molar refractivity (Wildman–Crippen MR) is 124 cm³/mol. The standard InChI is InChI=1S/C20H27N3O3S.HI/c1-5-21-20(23-14-17-9-6-15(2)12-19(17)26-3)22-13-16-7-10-18(11-8-16)27(4,24)25;/h6-12H,5,13-14H2,1-4H3,(H2,21,22,23);1H. The van der Waals surface area contributed by atoms with Crippen LogP contribution in [0.15, 0.2) is 52.4 Å². The highest BCUT2D eigenvalue weighted by molar-refractivity contribution is 14.0. The Kier molecular flexibility index (Phi) is 9.74. The molecule has 0 aliphatic carbocycles. The number of sulfone groups is 1. The van der Waals surface area contributed by atoms with Crippen LogP contribution in [-0.4, -0.2) is 34.3 Å². The van der Waals surface area contributed by atoms with Gasteiger partial charge in [0.05, 0.1) is 18.6 Å². The van der Waals surface area contributed by atoms with Crippen LogP contribution < -0.4 is 15.4 Å². The summed E-state index contributed by atoms with van der Waals surface area (Å²) in [7, 11) is -1.52. The maximum Gasteiger partial charge on any atom is 0.191 e. The van der Waals surface area contributed by atoms with E-state index in [0.29, 0.717) is 23.9 Å². The highest BCUT2D eigenvalue weighted by Gasteiger charge is 2.07. The Morgan fingerprint density at radius 3 is 2.36 bits per heavy atom. The van der Waals surface area contributed by atoms with Crippen LogP contribution in [-0.2, 0) is 22.9 Å².